The van der Waals surface area contributed by atoms with Gasteiger partial charge in [0.15, 0.2) is 0 Å². The molecule has 0 spiro atoms. The Morgan fingerprint density at radius 3 is 3.00 bits per heavy atom. The van der Waals surface area contributed by atoms with Crippen LogP contribution in [0.2, 0.25) is 0 Å². The van der Waals surface area contributed by atoms with Crippen LogP contribution in [0.25, 0.3) is 0 Å². The molecular weight excluding hydrogens is 326 g/mol. The molecule has 0 bridgehead atoms. The van der Waals surface area contributed by atoms with Crippen LogP contribution in [-0.2, 0) is 16.0 Å². The molecule has 0 radical (unpaired) electrons. The van der Waals surface area contributed by atoms with Crippen LogP contribution in [0.3, 0.4) is 0 Å². The third-order valence-electron chi connectivity index (χ3n) is 4.91. The van der Waals surface area contributed by atoms with Gasteiger partial charge in [0.05, 0.1) is 18.8 Å². The Bertz CT molecular complexity index is 795. The van der Waals surface area contributed by atoms with E-state index in [2.05, 4.69) is 34.3 Å². The number of hydrogen-bond donors (Lipinski definition) is 0. The zero-order chi connectivity index (χ0) is 17.8. The van der Waals surface area contributed by atoms with Crippen LogP contribution >= 0.6 is 0 Å². The number of methoxy groups -OCH3 is 1. The van der Waals surface area contributed by atoms with Gasteiger partial charge < -0.3 is 9.47 Å². The fraction of sp³-hybridized carbons (Fsp3) is 0.524. The second-order valence-corrected chi connectivity index (χ2v) is 7.14. The fourth-order valence-corrected chi connectivity index (χ4v) is 3.30. The van der Waals surface area contributed by atoms with Crippen LogP contribution in [0.15, 0.2) is 30.5 Å². The summed E-state index contributed by atoms with van der Waals surface area (Å²) in [5, 5.41) is 8.61. The number of aromatic nitrogens is 3. The third kappa shape index (κ3) is 4.32. The Labute approximate surface area is 154 Å². The van der Waals surface area contributed by atoms with E-state index in [1.807, 2.05) is 23.0 Å². The molecule has 0 amide bonds. The molecule has 5 nitrogen and oxygen atoms in total. The molecule has 1 saturated carbocycles. The summed E-state index contributed by atoms with van der Waals surface area (Å²) in [5.41, 5.74) is 2.89. The van der Waals surface area contributed by atoms with Gasteiger partial charge in [-0.2, -0.15) is 0 Å². The molecule has 2 unspecified atom stereocenters. The molecule has 2 atom stereocenters. The van der Waals surface area contributed by atoms with Gasteiger partial charge in [-0.15, -0.1) is 5.10 Å². The van der Waals surface area contributed by atoms with E-state index in [0.717, 1.165) is 42.8 Å². The van der Waals surface area contributed by atoms with Crippen molar-refractivity contribution in [1.29, 1.82) is 0 Å². The molecule has 1 aromatic heterocycles. The molecule has 26 heavy (non-hydrogen) atoms. The quantitative estimate of drug-likeness (QED) is 0.775. The zero-order valence-electron chi connectivity index (χ0n) is 15.2. The van der Waals surface area contributed by atoms with E-state index in [-0.39, 0.29) is 12.2 Å². The molecule has 1 aliphatic heterocycles. The first kappa shape index (κ1) is 17.3. The largest absolute Gasteiger partial charge is 0.376 e. The monoisotopic (exact) mass is 351 g/mol. The summed E-state index contributed by atoms with van der Waals surface area (Å²) in [6.07, 6.45) is 7.91. The van der Waals surface area contributed by atoms with Gasteiger partial charge in [-0.3, -0.25) is 0 Å². The van der Waals surface area contributed by atoms with Crippen LogP contribution in [0.4, 0.5) is 0 Å². The number of benzene rings is 1. The van der Waals surface area contributed by atoms with Crippen molar-refractivity contribution in [3.05, 3.63) is 47.3 Å². The highest BCUT2D eigenvalue weighted by molar-refractivity contribution is 5.40. The molecule has 136 valence electrons. The van der Waals surface area contributed by atoms with Crippen molar-refractivity contribution in [3.63, 3.8) is 0 Å². The van der Waals surface area contributed by atoms with Crippen LogP contribution in [-0.4, -0.2) is 34.8 Å². The Morgan fingerprint density at radius 2 is 2.23 bits per heavy atom. The molecule has 1 saturated heterocycles. The second-order valence-electron chi connectivity index (χ2n) is 7.14. The average molecular weight is 351 g/mol. The van der Waals surface area contributed by atoms with Crippen molar-refractivity contribution in [2.24, 2.45) is 5.92 Å². The van der Waals surface area contributed by atoms with Crippen LogP contribution < -0.4 is 0 Å². The van der Waals surface area contributed by atoms with Crippen molar-refractivity contribution in [3.8, 4) is 11.8 Å². The van der Waals surface area contributed by atoms with Gasteiger partial charge in [0, 0.05) is 25.2 Å². The molecule has 2 aromatic rings. The minimum absolute atomic E-state index is 0.236. The lowest BCUT2D eigenvalue weighted by Gasteiger charge is -2.22. The number of nitrogens with zero attached hydrogens (tertiary/aromatic N) is 3. The van der Waals surface area contributed by atoms with Crippen LogP contribution in [0.1, 0.15) is 55.0 Å². The summed E-state index contributed by atoms with van der Waals surface area (Å²) in [6.45, 7) is 1.60. The molecule has 2 aliphatic rings. The zero-order valence-corrected chi connectivity index (χ0v) is 15.2. The molecule has 2 fully saturated rings. The van der Waals surface area contributed by atoms with E-state index in [1.54, 1.807) is 7.11 Å². The van der Waals surface area contributed by atoms with Gasteiger partial charge in [0.1, 0.15) is 11.8 Å². The molecule has 5 heteroatoms. The topological polar surface area (TPSA) is 49.2 Å². The van der Waals surface area contributed by atoms with Crippen LogP contribution in [0.5, 0.6) is 0 Å². The highest BCUT2D eigenvalue weighted by Gasteiger charge is 2.20. The first-order valence-corrected chi connectivity index (χ1v) is 9.48. The Balaban J connectivity index is 1.48. The van der Waals surface area contributed by atoms with E-state index in [0.29, 0.717) is 5.92 Å². The van der Waals surface area contributed by atoms with Crippen molar-refractivity contribution in [2.45, 2.75) is 50.9 Å². The standard InChI is InChI=1S/C21H25N3O2/c1-25-21(18-6-4-5-17(13-18)11-10-16-8-9-16)20-15-24(23-22-20)14-19-7-2-3-12-26-19/h4-6,13,15-16,19,21H,2-3,7-9,12,14H2,1H3. The maximum Gasteiger partial charge on any atom is 0.128 e. The predicted octanol–water partition coefficient (Wildman–Crippen LogP) is 3.34. The fourth-order valence-electron chi connectivity index (χ4n) is 3.30. The number of rotatable bonds is 5. The summed E-state index contributed by atoms with van der Waals surface area (Å²) in [4.78, 5) is 0. The number of hydrogen-bond acceptors (Lipinski definition) is 4. The summed E-state index contributed by atoms with van der Waals surface area (Å²) in [7, 11) is 1.70. The third-order valence-corrected chi connectivity index (χ3v) is 4.91. The Morgan fingerprint density at radius 1 is 1.31 bits per heavy atom. The van der Waals surface area contributed by atoms with Crippen LogP contribution in [0, 0.1) is 17.8 Å². The minimum Gasteiger partial charge on any atom is -0.376 e. The Hall–Kier alpha value is -2.16. The molecule has 1 aliphatic carbocycles. The Kier molecular flexibility index (Phi) is 5.33. The first-order chi connectivity index (χ1) is 12.8. The van der Waals surface area contributed by atoms with E-state index < -0.39 is 0 Å². The van der Waals surface area contributed by atoms with Crippen molar-refractivity contribution < 1.29 is 9.47 Å². The second kappa shape index (κ2) is 8.03. The summed E-state index contributed by atoms with van der Waals surface area (Å²) in [6, 6.07) is 8.22. The first-order valence-electron chi connectivity index (χ1n) is 9.48. The van der Waals surface area contributed by atoms with Gasteiger partial charge in [-0.1, -0.05) is 29.2 Å². The number of ether oxygens (including phenoxy) is 2. The molecule has 4 rings (SSSR count). The molecular formula is C21H25N3O2. The highest BCUT2D eigenvalue weighted by Crippen LogP contribution is 2.28. The smallest absolute Gasteiger partial charge is 0.128 e. The summed E-state index contributed by atoms with van der Waals surface area (Å²) >= 11 is 0. The van der Waals surface area contributed by atoms with Gasteiger partial charge in [-0.25, -0.2) is 4.68 Å². The minimum atomic E-state index is -0.237. The lowest BCUT2D eigenvalue weighted by Crippen LogP contribution is -2.24. The van der Waals surface area contributed by atoms with Crippen molar-refractivity contribution in [2.75, 3.05) is 13.7 Å². The van der Waals surface area contributed by atoms with E-state index in [1.165, 1.54) is 19.3 Å². The lowest BCUT2D eigenvalue weighted by molar-refractivity contribution is 0.00368. The lowest BCUT2D eigenvalue weighted by atomic mass is 10.0. The van der Waals surface area contributed by atoms with Crippen molar-refractivity contribution >= 4 is 0 Å². The van der Waals surface area contributed by atoms with Gasteiger partial charge in [-0.05, 0) is 49.8 Å². The van der Waals surface area contributed by atoms with E-state index in [4.69, 9.17) is 9.47 Å². The maximum absolute atomic E-state index is 5.79. The molecule has 1 aromatic carbocycles. The van der Waals surface area contributed by atoms with E-state index in [9.17, 15) is 0 Å². The van der Waals surface area contributed by atoms with Gasteiger partial charge >= 0.3 is 0 Å². The normalized spacial score (nSPS) is 21.0. The van der Waals surface area contributed by atoms with Crippen molar-refractivity contribution in [1.82, 2.24) is 15.0 Å². The summed E-state index contributed by atoms with van der Waals surface area (Å²) in [5.74, 6) is 7.18. The summed E-state index contributed by atoms with van der Waals surface area (Å²) < 4.78 is 13.4. The predicted molar refractivity (Wildman–Crippen MR) is 98.5 cm³/mol. The SMILES string of the molecule is COC(c1cccc(C#CC2CC2)c1)c1cn(CC2CCCCO2)nn1. The molecule has 2 heterocycles. The molecule has 0 N–H and O–H groups in total. The maximum atomic E-state index is 5.79. The van der Waals surface area contributed by atoms with E-state index >= 15 is 0 Å². The van der Waals surface area contributed by atoms with Gasteiger partial charge in [0.25, 0.3) is 0 Å². The highest BCUT2D eigenvalue weighted by atomic mass is 16.5. The van der Waals surface area contributed by atoms with Gasteiger partial charge in [0.2, 0.25) is 0 Å². The average Bonchev–Trinajstić information content (AvgIpc) is 3.41.